The molecule has 0 aliphatic rings. The molecule has 4 heteroatoms. The molecule has 17 heavy (non-hydrogen) atoms. The summed E-state index contributed by atoms with van der Waals surface area (Å²) in [5, 5.41) is 7.67. The summed E-state index contributed by atoms with van der Waals surface area (Å²) in [6.07, 6.45) is 3.86. The van der Waals surface area contributed by atoms with Crippen LogP contribution in [0.25, 0.3) is 0 Å². The topological polar surface area (TPSA) is 39.1 Å². The fourth-order valence-corrected chi connectivity index (χ4v) is 1.99. The Hall–Kier alpha value is -0.870. The van der Waals surface area contributed by atoms with Crippen molar-refractivity contribution in [3.05, 3.63) is 18.0 Å². The van der Waals surface area contributed by atoms with E-state index in [9.17, 15) is 0 Å². The van der Waals surface area contributed by atoms with Gasteiger partial charge in [-0.25, -0.2) is 0 Å². The Labute approximate surface area is 104 Å². The predicted molar refractivity (Wildman–Crippen MR) is 70.1 cm³/mol. The summed E-state index contributed by atoms with van der Waals surface area (Å²) in [5.74, 6) is 0. The van der Waals surface area contributed by atoms with E-state index >= 15 is 0 Å². The quantitative estimate of drug-likeness (QED) is 0.788. The number of nitrogens with zero attached hydrogens (tertiary/aromatic N) is 2. The van der Waals surface area contributed by atoms with Gasteiger partial charge in [0.05, 0.1) is 5.60 Å². The van der Waals surface area contributed by atoms with Crippen LogP contribution >= 0.6 is 0 Å². The van der Waals surface area contributed by atoms with Crippen molar-refractivity contribution in [1.29, 1.82) is 0 Å². The normalized spacial score (nSPS) is 13.9. The fourth-order valence-electron chi connectivity index (χ4n) is 1.99. The maximum atomic E-state index is 5.43. The van der Waals surface area contributed by atoms with Gasteiger partial charge in [-0.3, -0.25) is 4.68 Å². The number of methoxy groups -OCH3 is 1. The van der Waals surface area contributed by atoms with Gasteiger partial charge in [0.2, 0.25) is 0 Å². The van der Waals surface area contributed by atoms with Gasteiger partial charge in [-0.1, -0.05) is 0 Å². The highest BCUT2D eigenvalue weighted by Gasteiger charge is 2.19. The van der Waals surface area contributed by atoms with Crippen molar-refractivity contribution in [3.8, 4) is 0 Å². The molecule has 0 radical (unpaired) electrons. The van der Waals surface area contributed by atoms with Gasteiger partial charge in [-0.05, 0) is 33.3 Å². The van der Waals surface area contributed by atoms with E-state index in [0.29, 0.717) is 6.04 Å². The molecule has 0 aliphatic carbocycles. The summed E-state index contributed by atoms with van der Waals surface area (Å²) in [7, 11) is 3.75. The van der Waals surface area contributed by atoms with Crippen LogP contribution in [0.15, 0.2) is 12.3 Å². The molecule has 0 fully saturated rings. The van der Waals surface area contributed by atoms with Crippen LogP contribution in [0.5, 0.6) is 0 Å². The van der Waals surface area contributed by atoms with Crippen LogP contribution < -0.4 is 5.32 Å². The van der Waals surface area contributed by atoms with Gasteiger partial charge in [0.1, 0.15) is 0 Å². The summed E-state index contributed by atoms with van der Waals surface area (Å²) in [6, 6.07) is 2.52. The lowest BCUT2D eigenvalue weighted by atomic mass is 10.00. The first-order valence-corrected chi connectivity index (χ1v) is 6.20. The van der Waals surface area contributed by atoms with Gasteiger partial charge in [0.15, 0.2) is 0 Å². The highest BCUT2D eigenvalue weighted by molar-refractivity contribution is 5.00. The molecule has 0 saturated heterocycles. The van der Waals surface area contributed by atoms with Crippen molar-refractivity contribution >= 4 is 0 Å². The maximum Gasteiger partial charge on any atom is 0.0637 e. The molecule has 1 heterocycles. The monoisotopic (exact) mass is 239 g/mol. The van der Waals surface area contributed by atoms with Crippen molar-refractivity contribution in [1.82, 2.24) is 15.1 Å². The van der Waals surface area contributed by atoms with E-state index < -0.39 is 0 Å². The van der Waals surface area contributed by atoms with Crippen molar-refractivity contribution < 1.29 is 4.74 Å². The summed E-state index contributed by atoms with van der Waals surface area (Å²) < 4.78 is 7.35. The number of aryl methyl sites for hydroxylation is 1. The lowest BCUT2D eigenvalue weighted by Crippen LogP contribution is -2.36. The molecule has 1 aromatic heterocycles. The van der Waals surface area contributed by atoms with Gasteiger partial charge in [-0.2, -0.15) is 5.10 Å². The largest absolute Gasteiger partial charge is 0.379 e. The summed E-state index contributed by atoms with van der Waals surface area (Å²) in [4.78, 5) is 0. The van der Waals surface area contributed by atoms with Crippen molar-refractivity contribution in [2.24, 2.45) is 7.05 Å². The number of hydrogen-bond acceptors (Lipinski definition) is 3. The SMILES string of the molecule is COC(C)(C)CC(C)NCCc1ccnn1C. The minimum absolute atomic E-state index is 0.0566. The van der Waals surface area contributed by atoms with E-state index in [2.05, 4.69) is 37.3 Å². The molecule has 0 aromatic carbocycles. The Morgan fingerprint density at radius 1 is 1.53 bits per heavy atom. The zero-order chi connectivity index (χ0) is 12.9. The molecule has 0 saturated carbocycles. The first-order valence-electron chi connectivity index (χ1n) is 6.20. The van der Waals surface area contributed by atoms with Crippen molar-refractivity contribution in [3.63, 3.8) is 0 Å². The van der Waals surface area contributed by atoms with E-state index in [4.69, 9.17) is 4.74 Å². The van der Waals surface area contributed by atoms with Gasteiger partial charge in [-0.15, -0.1) is 0 Å². The molecule has 4 nitrogen and oxygen atoms in total. The zero-order valence-electron chi connectivity index (χ0n) is 11.7. The molecule has 0 bridgehead atoms. The zero-order valence-corrected chi connectivity index (χ0v) is 11.7. The lowest BCUT2D eigenvalue weighted by molar-refractivity contribution is 0.00864. The van der Waals surface area contributed by atoms with E-state index in [1.54, 1.807) is 7.11 Å². The van der Waals surface area contributed by atoms with Gasteiger partial charge in [0.25, 0.3) is 0 Å². The number of hydrogen-bond donors (Lipinski definition) is 1. The molecule has 0 spiro atoms. The van der Waals surface area contributed by atoms with Crippen LogP contribution in [-0.2, 0) is 18.2 Å². The minimum Gasteiger partial charge on any atom is -0.379 e. The van der Waals surface area contributed by atoms with Crippen LogP contribution in [-0.4, -0.2) is 35.1 Å². The molecule has 1 N–H and O–H groups in total. The number of aromatic nitrogens is 2. The molecular formula is C13H25N3O. The van der Waals surface area contributed by atoms with Crippen LogP contribution in [0.1, 0.15) is 32.9 Å². The van der Waals surface area contributed by atoms with Gasteiger partial charge < -0.3 is 10.1 Å². The second kappa shape index (κ2) is 6.17. The molecule has 1 rings (SSSR count). The molecule has 0 aliphatic heterocycles. The summed E-state index contributed by atoms with van der Waals surface area (Å²) in [5.41, 5.74) is 1.20. The Morgan fingerprint density at radius 2 is 2.24 bits per heavy atom. The smallest absolute Gasteiger partial charge is 0.0637 e. The van der Waals surface area contributed by atoms with Crippen molar-refractivity contribution in [2.45, 2.75) is 45.3 Å². The first kappa shape index (κ1) is 14.2. The number of ether oxygens (including phenoxy) is 1. The standard InChI is InChI=1S/C13H25N3O/c1-11(10-13(2,3)17-5)14-8-6-12-7-9-15-16(12)4/h7,9,11,14H,6,8,10H2,1-5H3. The Morgan fingerprint density at radius 3 is 2.76 bits per heavy atom. The Balaban J connectivity index is 2.25. The first-order chi connectivity index (χ1) is 7.94. The highest BCUT2D eigenvalue weighted by atomic mass is 16.5. The van der Waals surface area contributed by atoms with Crippen molar-refractivity contribution in [2.75, 3.05) is 13.7 Å². The summed E-state index contributed by atoms with van der Waals surface area (Å²) >= 11 is 0. The van der Waals surface area contributed by atoms with Crippen LogP contribution in [0.4, 0.5) is 0 Å². The molecule has 1 aromatic rings. The van der Waals surface area contributed by atoms with Gasteiger partial charge in [0, 0.05) is 45.1 Å². The van der Waals surface area contributed by atoms with E-state index in [-0.39, 0.29) is 5.60 Å². The Bertz CT molecular complexity index is 333. The molecule has 1 unspecified atom stereocenters. The van der Waals surface area contributed by atoms with Crippen LogP contribution in [0, 0.1) is 0 Å². The third-order valence-corrected chi connectivity index (χ3v) is 3.15. The average molecular weight is 239 g/mol. The lowest BCUT2D eigenvalue weighted by Gasteiger charge is -2.27. The third-order valence-electron chi connectivity index (χ3n) is 3.15. The molecule has 98 valence electrons. The van der Waals surface area contributed by atoms with Gasteiger partial charge >= 0.3 is 0 Å². The van der Waals surface area contributed by atoms with E-state index in [1.807, 2.05) is 17.9 Å². The molecule has 0 amide bonds. The fraction of sp³-hybridized carbons (Fsp3) is 0.769. The third kappa shape index (κ3) is 4.88. The molecular weight excluding hydrogens is 214 g/mol. The predicted octanol–water partition coefficient (Wildman–Crippen LogP) is 1.76. The highest BCUT2D eigenvalue weighted by Crippen LogP contribution is 2.15. The van der Waals surface area contributed by atoms with E-state index in [0.717, 1.165) is 19.4 Å². The second-order valence-corrected chi connectivity index (χ2v) is 5.22. The number of rotatable bonds is 7. The van der Waals surface area contributed by atoms with Crippen LogP contribution in [0.3, 0.4) is 0 Å². The summed E-state index contributed by atoms with van der Waals surface area (Å²) in [6.45, 7) is 7.41. The average Bonchev–Trinajstić information content (AvgIpc) is 2.64. The number of nitrogens with one attached hydrogen (secondary N) is 1. The maximum absolute atomic E-state index is 5.43. The van der Waals surface area contributed by atoms with Crippen LogP contribution in [0.2, 0.25) is 0 Å². The van der Waals surface area contributed by atoms with E-state index in [1.165, 1.54) is 5.69 Å². The second-order valence-electron chi connectivity index (χ2n) is 5.22. The minimum atomic E-state index is -0.0566. The Kier molecular flexibility index (Phi) is 5.15. The molecule has 1 atom stereocenters.